The first-order valence-electron chi connectivity index (χ1n) is 2.35. The molecule has 0 unspecified atom stereocenters. The van der Waals surface area contributed by atoms with Crippen LogP contribution in [0, 0.1) is 0 Å². The van der Waals surface area contributed by atoms with Crippen LogP contribution in [0.3, 0.4) is 0 Å². The minimum atomic E-state index is -0.409. The Kier molecular flexibility index (Phi) is 3.19. The maximum absolute atomic E-state index is 10.4. The lowest BCUT2D eigenvalue weighted by Crippen LogP contribution is -2.30. The number of rotatable bonds is 2. The summed E-state index contributed by atoms with van der Waals surface area (Å²) in [5.74, 6) is 4.49. The minimum absolute atomic E-state index is 0.232. The van der Waals surface area contributed by atoms with Crippen molar-refractivity contribution in [2.24, 2.45) is 11.1 Å². The summed E-state index contributed by atoms with van der Waals surface area (Å²) in [6.45, 7) is 1.62. The highest BCUT2D eigenvalue weighted by molar-refractivity contribution is 5.74. The normalized spacial score (nSPS) is 7.78. The molecule has 6 nitrogen and oxygen atoms in total. The monoisotopic (exact) mass is 129 g/mol. The highest BCUT2D eigenvalue weighted by Gasteiger charge is 2.06. The first kappa shape index (κ1) is 7.74. The number of nitrogens with zero attached hydrogens (tertiary/aromatic N) is 4. The fourth-order valence-electron chi connectivity index (χ4n) is 0.255. The molecule has 0 saturated carbocycles. The largest absolute Gasteiger partial charge is 0.330 e. The highest BCUT2D eigenvalue weighted by Crippen LogP contribution is 1.85. The summed E-state index contributed by atoms with van der Waals surface area (Å²) in [5.41, 5.74) is 7.77. The predicted octanol–water partition coefficient (Wildman–Crippen LogP) is 0.324. The van der Waals surface area contributed by atoms with Gasteiger partial charge in [-0.2, -0.15) is 10.8 Å². The molecular weight excluding hydrogens is 122 g/mol. The molecule has 6 heteroatoms. The Balaban J connectivity index is 3.87. The molecule has 0 spiro atoms. The summed E-state index contributed by atoms with van der Waals surface area (Å²) in [7, 11) is 0. The topological polar surface area (TPSA) is 95.1 Å². The van der Waals surface area contributed by atoms with Crippen molar-refractivity contribution in [3.05, 3.63) is 10.4 Å². The molecule has 0 atom stereocenters. The Hall–Kier alpha value is -1.26. The van der Waals surface area contributed by atoms with E-state index in [0.29, 0.717) is 5.12 Å². The van der Waals surface area contributed by atoms with E-state index in [0.717, 1.165) is 0 Å². The zero-order valence-corrected chi connectivity index (χ0v) is 4.98. The standard InChI is InChI=1S/C3H7N5O/c1-2-3(9)8(5)7-6-4/h2,5H2,1H3. The molecule has 0 fully saturated rings. The second-order valence-electron chi connectivity index (χ2n) is 1.27. The summed E-state index contributed by atoms with van der Waals surface area (Å²) in [5, 5.41) is 3.31. The second kappa shape index (κ2) is 3.71. The van der Waals surface area contributed by atoms with Crippen molar-refractivity contribution in [2.45, 2.75) is 13.3 Å². The van der Waals surface area contributed by atoms with Crippen molar-refractivity contribution in [2.75, 3.05) is 0 Å². The van der Waals surface area contributed by atoms with Crippen molar-refractivity contribution in [3.63, 3.8) is 0 Å². The maximum Gasteiger partial charge on any atom is 0.330 e. The van der Waals surface area contributed by atoms with Gasteiger partial charge in [0.05, 0.1) is 0 Å². The van der Waals surface area contributed by atoms with Gasteiger partial charge < -0.3 is 0 Å². The van der Waals surface area contributed by atoms with Crippen LogP contribution in [0.4, 0.5) is 0 Å². The molecule has 1 amide bonds. The molecule has 0 aromatic carbocycles. The molecule has 0 aromatic heterocycles. The third kappa shape index (κ3) is 2.53. The molecule has 50 valence electrons. The summed E-state index contributed by atoms with van der Waals surface area (Å²) < 4.78 is 0. The van der Waals surface area contributed by atoms with Gasteiger partial charge in [-0.05, 0) is 0 Å². The van der Waals surface area contributed by atoms with Crippen molar-refractivity contribution in [1.82, 2.24) is 5.12 Å². The Morgan fingerprint density at radius 3 is 2.89 bits per heavy atom. The van der Waals surface area contributed by atoms with Crippen LogP contribution in [0.5, 0.6) is 0 Å². The van der Waals surface area contributed by atoms with Crippen LogP contribution < -0.4 is 5.84 Å². The maximum atomic E-state index is 10.4. The molecular formula is C3H7N5O. The van der Waals surface area contributed by atoms with E-state index in [2.05, 4.69) is 10.1 Å². The zero-order chi connectivity index (χ0) is 7.28. The van der Waals surface area contributed by atoms with E-state index in [9.17, 15) is 4.79 Å². The fourth-order valence-corrected chi connectivity index (χ4v) is 0.255. The quantitative estimate of drug-likeness (QED) is 0.145. The molecule has 0 radical (unpaired) electrons. The van der Waals surface area contributed by atoms with Gasteiger partial charge >= 0.3 is 5.91 Å². The highest BCUT2D eigenvalue weighted by atomic mass is 16.2. The number of carbonyl (C=O) groups is 1. The van der Waals surface area contributed by atoms with Crippen LogP contribution in [0.15, 0.2) is 5.22 Å². The van der Waals surface area contributed by atoms with Gasteiger partial charge in [0.15, 0.2) is 0 Å². The Bertz CT molecular complexity index is 148. The van der Waals surface area contributed by atoms with E-state index in [1.807, 2.05) is 0 Å². The summed E-state index contributed by atoms with van der Waals surface area (Å²) >= 11 is 0. The third-order valence-electron chi connectivity index (χ3n) is 0.694. The van der Waals surface area contributed by atoms with Gasteiger partial charge in [-0.1, -0.05) is 6.92 Å². The summed E-state index contributed by atoms with van der Waals surface area (Å²) in [6.07, 6.45) is 0.232. The number of hydrazine groups is 1. The van der Waals surface area contributed by atoms with Crippen LogP contribution >= 0.6 is 0 Å². The molecule has 0 bridgehead atoms. The van der Waals surface area contributed by atoms with Crippen molar-refractivity contribution in [1.29, 1.82) is 0 Å². The van der Waals surface area contributed by atoms with Crippen LogP contribution in [0.25, 0.3) is 10.4 Å². The lowest BCUT2D eigenvalue weighted by Gasteiger charge is -1.98. The van der Waals surface area contributed by atoms with E-state index < -0.39 is 5.91 Å². The number of hydrogen-bond acceptors (Lipinski definition) is 3. The summed E-state index contributed by atoms with van der Waals surface area (Å²) in [6, 6.07) is 0. The van der Waals surface area contributed by atoms with Gasteiger partial charge in [0.25, 0.3) is 0 Å². The molecule has 0 aliphatic carbocycles. The van der Waals surface area contributed by atoms with Crippen LogP contribution in [0.2, 0.25) is 0 Å². The number of carbonyl (C=O) groups excluding carboxylic acids is 1. The molecule has 0 aliphatic rings. The van der Waals surface area contributed by atoms with Crippen LogP contribution in [0.1, 0.15) is 13.3 Å². The Morgan fingerprint density at radius 1 is 2.00 bits per heavy atom. The average Bonchev–Trinajstić information content (AvgIpc) is 1.87. The lowest BCUT2D eigenvalue weighted by atomic mass is 10.5. The lowest BCUT2D eigenvalue weighted by molar-refractivity contribution is -0.131. The number of amides is 1. The predicted molar refractivity (Wildman–Crippen MR) is 30.5 cm³/mol. The molecule has 0 heterocycles. The van der Waals surface area contributed by atoms with E-state index in [-0.39, 0.29) is 6.42 Å². The molecule has 0 aliphatic heterocycles. The number of nitrogens with two attached hydrogens (primary N) is 1. The van der Waals surface area contributed by atoms with E-state index >= 15 is 0 Å². The van der Waals surface area contributed by atoms with Gasteiger partial charge in [0.1, 0.15) is 0 Å². The van der Waals surface area contributed by atoms with Crippen LogP contribution in [-0.2, 0) is 4.79 Å². The first-order chi connectivity index (χ1) is 4.22. The Morgan fingerprint density at radius 2 is 2.56 bits per heavy atom. The number of hydrogen-bond donors (Lipinski definition) is 1. The molecule has 9 heavy (non-hydrogen) atoms. The minimum Gasteiger partial charge on any atom is -0.245 e. The third-order valence-corrected chi connectivity index (χ3v) is 0.694. The van der Waals surface area contributed by atoms with Gasteiger partial charge in [0.2, 0.25) is 0 Å². The molecule has 0 rings (SSSR count). The van der Waals surface area contributed by atoms with Gasteiger partial charge in [-0.25, -0.2) is 4.79 Å². The fraction of sp³-hybridized carbons (Fsp3) is 0.667. The summed E-state index contributed by atoms with van der Waals surface area (Å²) in [4.78, 5) is 12.7. The average molecular weight is 129 g/mol. The van der Waals surface area contributed by atoms with Crippen molar-refractivity contribution in [3.8, 4) is 0 Å². The van der Waals surface area contributed by atoms with Crippen LogP contribution in [-0.4, -0.2) is 11.0 Å². The van der Waals surface area contributed by atoms with Gasteiger partial charge in [-0.15, -0.1) is 10.6 Å². The second-order valence-corrected chi connectivity index (χ2v) is 1.27. The molecule has 0 aromatic rings. The van der Waals surface area contributed by atoms with E-state index in [4.69, 9.17) is 11.4 Å². The van der Waals surface area contributed by atoms with Gasteiger partial charge in [0, 0.05) is 11.6 Å². The van der Waals surface area contributed by atoms with Gasteiger partial charge in [-0.3, -0.25) is 0 Å². The van der Waals surface area contributed by atoms with Crippen molar-refractivity contribution >= 4 is 5.91 Å². The molecule has 2 N–H and O–H groups in total. The zero-order valence-electron chi connectivity index (χ0n) is 4.98. The first-order valence-corrected chi connectivity index (χ1v) is 2.35. The molecule has 0 saturated heterocycles. The SMILES string of the molecule is CCC(=O)N(N)N=[N+]=[N-]. The van der Waals surface area contributed by atoms with E-state index in [1.54, 1.807) is 6.92 Å². The number of azide groups is 1. The van der Waals surface area contributed by atoms with Crippen molar-refractivity contribution < 1.29 is 4.79 Å². The van der Waals surface area contributed by atoms with E-state index in [1.165, 1.54) is 0 Å². The smallest absolute Gasteiger partial charge is 0.245 e. The Labute approximate surface area is 51.8 Å².